The number of aryl methyl sites for hydroxylation is 1. The lowest BCUT2D eigenvalue weighted by Crippen LogP contribution is -2.19. The maximum Gasteiger partial charge on any atom is 0.339 e. The molecular weight excluding hydrogens is 250 g/mol. The van der Waals surface area contributed by atoms with Gasteiger partial charge in [0, 0.05) is 20.3 Å². The molecule has 8 heteroatoms. The van der Waals surface area contributed by atoms with Gasteiger partial charge in [0.15, 0.2) is 0 Å². The van der Waals surface area contributed by atoms with Crippen LogP contribution in [-0.4, -0.2) is 43.6 Å². The van der Waals surface area contributed by atoms with Gasteiger partial charge in [0.25, 0.3) is 5.91 Å². The quantitative estimate of drug-likeness (QED) is 0.790. The standard InChI is InChI=1S/C11H13N5O3/c1-12-10(17)8-3-4-16(14-8)6-9-7(11(18)19)5-13-15(9)2/h3-5H,6H2,1-2H3,(H,12,17)(H,18,19). The fraction of sp³-hybridized carbons (Fsp3) is 0.273. The highest BCUT2D eigenvalue weighted by Gasteiger charge is 2.16. The summed E-state index contributed by atoms with van der Waals surface area (Å²) in [6.45, 7) is 0.231. The Bertz CT molecular complexity index is 628. The third kappa shape index (κ3) is 2.46. The van der Waals surface area contributed by atoms with Crippen LogP contribution in [0.1, 0.15) is 26.5 Å². The zero-order valence-electron chi connectivity index (χ0n) is 10.5. The maximum atomic E-state index is 11.4. The largest absolute Gasteiger partial charge is 0.478 e. The molecule has 0 radical (unpaired) electrons. The lowest BCUT2D eigenvalue weighted by atomic mass is 10.2. The summed E-state index contributed by atoms with van der Waals surface area (Å²) in [5.74, 6) is -1.33. The smallest absolute Gasteiger partial charge is 0.339 e. The van der Waals surface area contributed by atoms with Crippen molar-refractivity contribution >= 4 is 11.9 Å². The molecule has 19 heavy (non-hydrogen) atoms. The second kappa shape index (κ2) is 4.92. The van der Waals surface area contributed by atoms with Gasteiger partial charge >= 0.3 is 5.97 Å². The molecule has 2 rings (SSSR count). The fourth-order valence-electron chi connectivity index (χ4n) is 1.68. The van der Waals surface area contributed by atoms with Gasteiger partial charge in [0.1, 0.15) is 11.3 Å². The van der Waals surface area contributed by atoms with Crippen molar-refractivity contribution in [2.45, 2.75) is 6.54 Å². The Morgan fingerprint density at radius 3 is 2.84 bits per heavy atom. The Morgan fingerprint density at radius 1 is 1.47 bits per heavy atom. The Labute approximate surface area is 108 Å². The molecule has 0 unspecified atom stereocenters. The molecule has 2 aromatic rings. The van der Waals surface area contributed by atoms with Gasteiger partial charge in [-0.1, -0.05) is 0 Å². The molecule has 0 atom stereocenters. The summed E-state index contributed by atoms with van der Waals surface area (Å²) in [4.78, 5) is 22.4. The van der Waals surface area contributed by atoms with E-state index in [1.165, 1.54) is 22.6 Å². The summed E-state index contributed by atoms with van der Waals surface area (Å²) in [7, 11) is 3.18. The van der Waals surface area contributed by atoms with Gasteiger partial charge in [-0.15, -0.1) is 0 Å². The van der Waals surface area contributed by atoms with Crippen molar-refractivity contribution in [1.82, 2.24) is 24.9 Å². The van der Waals surface area contributed by atoms with Crippen LogP contribution in [0.25, 0.3) is 0 Å². The van der Waals surface area contributed by atoms with Gasteiger partial charge in [-0.05, 0) is 6.07 Å². The molecule has 2 aromatic heterocycles. The van der Waals surface area contributed by atoms with Gasteiger partial charge in [-0.25, -0.2) is 4.79 Å². The lowest BCUT2D eigenvalue weighted by Gasteiger charge is -2.04. The number of hydrogen-bond acceptors (Lipinski definition) is 4. The number of carboxylic acid groups (broad SMARTS) is 1. The molecule has 1 amide bonds. The second-order valence-electron chi connectivity index (χ2n) is 3.91. The zero-order chi connectivity index (χ0) is 14.0. The minimum atomic E-state index is -1.04. The van der Waals surface area contributed by atoms with E-state index in [4.69, 9.17) is 5.11 Å². The third-order valence-corrected chi connectivity index (χ3v) is 2.70. The van der Waals surface area contributed by atoms with E-state index in [-0.39, 0.29) is 23.7 Å². The monoisotopic (exact) mass is 263 g/mol. The molecule has 100 valence electrons. The molecule has 0 bridgehead atoms. The van der Waals surface area contributed by atoms with Crippen LogP contribution in [0, 0.1) is 0 Å². The Hall–Kier alpha value is -2.64. The summed E-state index contributed by atoms with van der Waals surface area (Å²) in [6.07, 6.45) is 2.91. The lowest BCUT2D eigenvalue weighted by molar-refractivity contribution is 0.0695. The number of nitrogens with zero attached hydrogens (tertiary/aromatic N) is 4. The molecule has 0 aliphatic rings. The summed E-state index contributed by atoms with van der Waals surface area (Å²) in [5.41, 5.74) is 0.917. The maximum absolute atomic E-state index is 11.4. The first-order valence-electron chi connectivity index (χ1n) is 5.52. The Morgan fingerprint density at radius 2 is 2.21 bits per heavy atom. The summed E-state index contributed by atoms with van der Waals surface area (Å²) >= 11 is 0. The van der Waals surface area contributed by atoms with Crippen LogP contribution >= 0.6 is 0 Å². The highest BCUT2D eigenvalue weighted by Crippen LogP contribution is 2.09. The first-order valence-corrected chi connectivity index (χ1v) is 5.52. The first kappa shape index (κ1) is 12.8. The Kier molecular flexibility index (Phi) is 3.32. The molecule has 2 N–H and O–H groups in total. The van der Waals surface area contributed by atoms with Crippen molar-refractivity contribution in [1.29, 1.82) is 0 Å². The van der Waals surface area contributed by atoms with Crippen molar-refractivity contribution in [3.05, 3.63) is 35.4 Å². The van der Waals surface area contributed by atoms with E-state index >= 15 is 0 Å². The van der Waals surface area contributed by atoms with Crippen LogP contribution in [0.15, 0.2) is 18.5 Å². The minimum Gasteiger partial charge on any atom is -0.478 e. The molecule has 0 fully saturated rings. The van der Waals surface area contributed by atoms with Crippen LogP contribution in [0.5, 0.6) is 0 Å². The van der Waals surface area contributed by atoms with Gasteiger partial charge in [-0.3, -0.25) is 14.2 Å². The zero-order valence-corrected chi connectivity index (χ0v) is 10.5. The third-order valence-electron chi connectivity index (χ3n) is 2.70. The number of hydrogen-bond donors (Lipinski definition) is 2. The summed E-state index contributed by atoms with van der Waals surface area (Å²) in [6, 6.07) is 1.57. The van der Waals surface area contributed by atoms with E-state index in [1.54, 1.807) is 19.3 Å². The predicted molar refractivity (Wildman–Crippen MR) is 64.9 cm³/mol. The molecule has 0 aromatic carbocycles. The molecule has 0 saturated heterocycles. The van der Waals surface area contributed by atoms with Gasteiger partial charge in [0.2, 0.25) is 0 Å². The fourth-order valence-corrected chi connectivity index (χ4v) is 1.68. The van der Waals surface area contributed by atoms with Crippen molar-refractivity contribution in [3.63, 3.8) is 0 Å². The highest BCUT2D eigenvalue weighted by molar-refractivity contribution is 5.91. The van der Waals surface area contributed by atoms with Crippen molar-refractivity contribution in [2.75, 3.05) is 7.05 Å². The molecule has 0 aliphatic carbocycles. The summed E-state index contributed by atoms with van der Waals surface area (Å²) < 4.78 is 2.97. The van der Waals surface area contributed by atoms with E-state index in [9.17, 15) is 9.59 Å². The van der Waals surface area contributed by atoms with E-state index in [0.29, 0.717) is 5.69 Å². The second-order valence-corrected chi connectivity index (χ2v) is 3.91. The number of carbonyl (C=O) groups excluding carboxylic acids is 1. The van der Waals surface area contributed by atoms with Crippen LogP contribution in [0.4, 0.5) is 0 Å². The van der Waals surface area contributed by atoms with E-state index in [2.05, 4.69) is 15.5 Å². The van der Waals surface area contributed by atoms with Crippen molar-refractivity contribution in [2.24, 2.45) is 7.05 Å². The normalized spacial score (nSPS) is 10.4. The van der Waals surface area contributed by atoms with Crippen LogP contribution in [0.2, 0.25) is 0 Å². The number of rotatable bonds is 4. The molecule has 2 heterocycles. The average Bonchev–Trinajstić information content (AvgIpc) is 2.97. The van der Waals surface area contributed by atoms with Gasteiger partial charge < -0.3 is 10.4 Å². The summed E-state index contributed by atoms with van der Waals surface area (Å²) in [5, 5.41) is 19.5. The minimum absolute atomic E-state index is 0.125. The molecular formula is C11H13N5O3. The molecule has 0 saturated carbocycles. The SMILES string of the molecule is CNC(=O)c1ccn(Cc2c(C(=O)O)cnn2C)n1. The van der Waals surface area contributed by atoms with E-state index in [1.807, 2.05) is 0 Å². The van der Waals surface area contributed by atoms with Gasteiger partial charge in [0.05, 0.1) is 18.4 Å². The number of carbonyl (C=O) groups is 2. The number of amides is 1. The van der Waals surface area contributed by atoms with Crippen LogP contribution < -0.4 is 5.32 Å². The van der Waals surface area contributed by atoms with Crippen LogP contribution in [0.3, 0.4) is 0 Å². The first-order chi connectivity index (χ1) is 9.02. The molecule has 8 nitrogen and oxygen atoms in total. The highest BCUT2D eigenvalue weighted by atomic mass is 16.4. The predicted octanol–water partition coefficient (Wildman–Crippen LogP) is -0.277. The topological polar surface area (TPSA) is 102 Å². The number of aromatic carboxylic acids is 1. The number of nitrogens with one attached hydrogen (secondary N) is 1. The van der Waals surface area contributed by atoms with Crippen molar-refractivity contribution in [3.8, 4) is 0 Å². The molecule has 0 spiro atoms. The van der Waals surface area contributed by atoms with Crippen LogP contribution in [-0.2, 0) is 13.6 Å². The Balaban J connectivity index is 2.26. The number of carboxylic acids is 1. The molecule has 0 aliphatic heterocycles. The van der Waals surface area contributed by atoms with E-state index < -0.39 is 5.97 Å². The average molecular weight is 263 g/mol. The van der Waals surface area contributed by atoms with Gasteiger partial charge in [-0.2, -0.15) is 10.2 Å². The van der Waals surface area contributed by atoms with Crippen molar-refractivity contribution < 1.29 is 14.7 Å². The van der Waals surface area contributed by atoms with E-state index in [0.717, 1.165) is 0 Å². The number of aromatic nitrogens is 4.